The molecular weight excluding hydrogens is 713 g/mol. The molecule has 1 heterocycles. The summed E-state index contributed by atoms with van der Waals surface area (Å²) in [4.78, 5) is 2.45. The van der Waals surface area contributed by atoms with Crippen LogP contribution in [0.4, 0.5) is 17.1 Å². The lowest BCUT2D eigenvalue weighted by molar-refractivity contribution is 0.641. The van der Waals surface area contributed by atoms with Gasteiger partial charge in [-0.3, -0.25) is 0 Å². The Morgan fingerprint density at radius 1 is 0.373 bits per heavy atom. The molecule has 10 aromatic rings. The van der Waals surface area contributed by atoms with Crippen LogP contribution in [-0.2, 0) is 5.41 Å². The molecule has 0 aliphatic heterocycles. The summed E-state index contributed by atoms with van der Waals surface area (Å²) < 4.78 is 2.47. The van der Waals surface area contributed by atoms with Crippen LogP contribution in [0, 0.1) is 0 Å². The van der Waals surface area contributed by atoms with Gasteiger partial charge in [-0.05, 0) is 81.4 Å². The first-order valence-electron chi connectivity index (χ1n) is 20.4. The molecule has 2 heteroatoms. The minimum Gasteiger partial charge on any atom is -0.308 e. The van der Waals surface area contributed by atoms with E-state index < -0.39 is 0 Å². The number of anilines is 3. The predicted octanol–water partition coefficient (Wildman–Crippen LogP) is 15.6. The van der Waals surface area contributed by atoms with Crippen LogP contribution in [0.5, 0.6) is 0 Å². The van der Waals surface area contributed by atoms with Gasteiger partial charge in [0.2, 0.25) is 0 Å². The zero-order valence-corrected chi connectivity index (χ0v) is 33.3. The van der Waals surface area contributed by atoms with E-state index in [2.05, 4.69) is 254 Å². The normalized spacial score (nSPS) is 11.6. The van der Waals surface area contributed by atoms with Crippen LogP contribution < -0.4 is 4.90 Å². The second kappa shape index (κ2) is 15.2. The highest BCUT2D eigenvalue weighted by Crippen LogP contribution is 2.47. The Kier molecular flexibility index (Phi) is 9.24. The van der Waals surface area contributed by atoms with Gasteiger partial charge in [-0.2, -0.15) is 0 Å². The third-order valence-corrected chi connectivity index (χ3v) is 11.9. The average Bonchev–Trinajstić information content (AvgIpc) is 3.65. The molecule has 59 heavy (non-hydrogen) atoms. The van der Waals surface area contributed by atoms with Crippen LogP contribution in [0.1, 0.15) is 25.0 Å². The lowest BCUT2D eigenvalue weighted by Crippen LogP contribution is -2.18. The van der Waals surface area contributed by atoms with Crippen molar-refractivity contribution in [1.29, 1.82) is 0 Å². The number of fused-ring (bicyclic) bond motifs is 3. The molecule has 0 aliphatic rings. The van der Waals surface area contributed by atoms with E-state index in [0.29, 0.717) is 0 Å². The maximum atomic E-state index is 2.47. The number of benzene rings is 9. The molecule has 0 bridgehead atoms. The van der Waals surface area contributed by atoms with E-state index in [1.165, 1.54) is 55.2 Å². The van der Waals surface area contributed by atoms with Gasteiger partial charge < -0.3 is 9.47 Å². The molecular formula is C57H44N2. The van der Waals surface area contributed by atoms with E-state index in [1.807, 2.05) is 0 Å². The van der Waals surface area contributed by atoms with Gasteiger partial charge in [0.15, 0.2) is 0 Å². The number of rotatable bonds is 9. The van der Waals surface area contributed by atoms with Crippen LogP contribution in [0.15, 0.2) is 231 Å². The maximum Gasteiger partial charge on any atom is 0.0782 e. The Morgan fingerprint density at radius 3 is 1.68 bits per heavy atom. The molecule has 282 valence electrons. The summed E-state index contributed by atoms with van der Waals surface area (Å²) in [6.07, 6.45) is 0. The van der Waals surface area contributed by atoms with E-state index >= 15 is 0 Å². The topological polar surface area (TPSA) is 8.17 Å². The Labute approximate surface area is 346 Å². The molecule has 0 saturated heterocycles. The fourth-order valence-electron chi connectivity index (χ4n) is 8.84. The summed E-state index contributed by atoms with van der Waals surface area (Å²) in [6.45, 7) is 4.61. The number of aromatic nitrogens is 1. The second-order valence-electron chi connectivity index (χ2n) is 15.7. The molecule has 2 nitrogen and oxygen atoms in total. The Balaban J connectivity index is 1.16. The van der Waals surface area contributed by atoms with Crippen molar-refractivity contribution in [3.8, 4) is 39.1 Å². The average molecular weight is 757 g/mol. The smallest absolute Gasteiger partial charge is 0.0782 e. The van der Waals surface area contributed by atoms with Crippen molar-refractivity contribution >= 4 is 38.9 Å². The maximum absolute atomic E-state index is 2.47. The van der Waals surface area contributed by atoms with Gasteiger partial charge in [-0.25, -0.2) is 0 Å². The molecule has 9 aromatic carbocycles. The predicted molar refractivity (Wildman–Crippen MR) is 250 cm³/mol. The van der Waals surface area contributed by atoms with Crippen LogP contribution in [0.3, 0.4) is 0 Å². The van der Waals surface area contributed by atoms with Crippen molar-refractivity contribution in [3.63, 3.8) is 0 Å². The van der Waals surface area contributed by atoms with Gasteiger partial charge in [0.25, 0.3) is 0 Å². The lowest BCUT2D eigenvalue weighted by Gasteiger charge is -2.29. The van der Waals surface area contributed by atoms with Gasteiger partial charge in [0.1, 0.15) is 0 Å². The molecule has 0 unspecified atom stereocenters. The highest BCUT2D eigenvalue weighted by atomic mass is 15.2. The molecule has 0 saturated carbocycles. The number of hydrogen-bond acceptors (Lipinski definition) is 1. The Bertz CT molecular complexity index is 3050. The highest BCUT2D eigenvalue weighted by molar-refractivity contribution is 6.15. The molecule has 0 spiro atoms. The van der Waals surface area contributed by atoms with Gasteiger partial charge in [-0.15, -0.1) is 0 Å². The van der Waals surface area contributed by atoms with Crippen LogP contribution >= 0.6 is 0 Å². The third-order valence-electron chi connectivity index (χ3n) is 11.9. The summed E-state index contributed by atoms with van der Waals surface area (Å²) >= 11 is 0. The third kappa shape index (κ3) is 6.49. The zero-order valence-electron chi connectivity index (χ0n) is 33.3. The molecule has 10 rings (SSSR count). The minimum atomic E-state index is -0.103. The summed E-state index contributed by atoms with van der Waals surface area (Å²) in [7, 11) is 0. The molecule has 0 amide bonds. The van der Waals surface area contributed by atoms with Crippen molar-refractivity contribution in [1.82, 2.24) is 4.57 Å². The van der Waals surface area contributed by atoms with Gasteiger partial charge >= 0.3 is 0 Å². The fraction of sp³-hybridized carbons (Fsp3) is 0.0526. The van der Waals surface area contributed by atoms with Gasteiger partial charge in [0.05, 0.1) is 22.4 Å². The standard InChI is InChI=1S/C57H44N2/c1-57(2,44-23-8-4-9-24-44)45-38-36-41(37-39-45)43-22-18-27-47(40-43)59-54-34-17-15-31-51(54)52-32-19-35-55(56(52)59)58(46-25-10-5-11-26-46)53-33-16-14-30-50(53)49-29-13-12-28-48(49)42-20-6-3-7-21-42/h3-40H,1-2H3. The monoisotopic (exact) mass is 756 g/mol. The summed E-state index contributed by atoms with van der Waals surface area (Å²) in [5.74, 6) is 0. The summed E-state index contributed by atoms with van der Waals surface area (Å²) in [5, 5.41) is 2.43. The number of nitrogens with zero attached hydrogens (tertiary/aromatic N) is 2. The quantitative estimate of drug-likeness (QED) is 0.142. The number of hydrogen-bond donors (Lipinski definition) is 0. The van der Waals surface area contributed by atoms with Crippen molar-refractivity contribution in [2.24, 2.45) is 0 Å². The summed E-state index contributed by atoms with van der Waals surface area (Å²) in [5.41, 5.74) is 16.4. The van der Waals surface area contributed by atoms with E-state index in [-0.39, 0.29) is 5.41 Å². The SMILES string of the molecule is CC(C)(c1ccccc1)c1ccc(-c2cccc(-n3c4ccccc4c4cccc(N(c5ccccc5)c5ccccc5-c5ccccc5-c5ccccc5)c43)c2)cc1. The van der Waals surface area contributed by atoms with Crippen LogP contribution in [0.2, 0.25) is 0 Å². The Morgan fingerprint density at radius 2 is 0.915 bits per heavy atom. The van der Waals surface area contributed by atoms with E-state index in [4.69, 9.17) is 0 Å². The van der Waals surface area contributed by atoms with Crippen molar-refractivity contribution in [2.75, 3.05) is 4.90 Å². The molecule has 0 aliphatic carbocycles. The van der Waals surface area contributed by atoms with E-state index in [0.717, 1.165) is 33.8 Å². The zero-order chi connectivity index (χ0) is 39.8. The first-order valence-corrected chi connectivity index (χ1v) is 20.4. The fourth-order valence-corrected chi connectivity index (χ4v) is 8.84. The summed E-state index contributed by atoms with van der Waals surface area (Å²) in [6, 6.07) is 83.6. The van der Waals surface area contributed by atoms with Crippen molar-refractivity contribution in [3.05, 3.63) is 242 Å². The van der Waals surface area contributed by atoms with E-state index in [1.54, 1.807) is 0 Å². The van der Waals surface area contributed by atoms with Gasteiger partial charge in [-0.1, -0.05) is 202 Å². The lowest BCUT2D eigenvalue weighted by atomic mass is 9.78. The second-order valence-corrected chi connectivity index (χ2v) is 15.7. The van der Waals surface area contributed by atoms with Gasteiger partial charge in [0, 0.05) is 33.1 Å². The Hall–Kier alpha value is -7.42. The van der Waals surface area contributed by atoms with Crippen molar-refractivity contribution < 1.29 is 0 Å². The largest absolute Gasteiger partial charge is 0.308 e. The van der Waals surface area contributed by atoms with Crippen molar-refractivity contribution in [2.45, 2.75) is 19.3 Å². The van der Waals surface area contributed by atoms with Crippen LogP contribution in [-0.4, -0.2) is 4.57 Å². The number of para-hydroxylation sites is 4. The molecule has 0 fully saturated rings. The van der Waals surface area contributed by atoms with Crippen LogP contribution in [0.25, 0.3) is 60.9 Å². The van der Waals surface area contributed by atoms with E-state index in [9.17, 15) is 0 Å². The molecule has 0 radical (unpaired) electrons. The first kappa shape index (κ1) is 36.0. The molecule has 0 N–H and O–H groups in total. The first-order chi connectivity index (χ1) is 29.1. The molecule has 0 atom stereocenters. The minimum absolute atomic E-state index is 0.103. The highest BCUT2D eigenvalue weighted by Gasteiger charge is 2.25. The molecule has 1 aromatic heterocycles.